The molecule has 0 aliphatic carbocycles. The number of halogens is 2. The standard InChI is InChI=1S/C16H17BrNO.BrH/c1-11-7-12(2)16(13(3)8-11)15(19)10-18-6-4-5-14(17)9-18;/h4-9H,10H2,1-3H3;1H/q+1;. The van der Waals surface area contributed by atoms with Crippen LogP contribution >= 0.6 is 32.9 Å². The highest BCUT2D eigenvalue weighted by molar-refractivity contribution is 9.10. The van der Waals surface area contributed by atoms with E-state index < -0.39 is 0 Å². The summed E-state index contributed by atoms with van der Waals surface area (Å²) in [5, 5.41) is 0. The van der Waals surface area contributed by atoms with Crippen molar-refractivity contribution in [1.82, 2.24) is 0 Å². The van der Waals surface area contributed by atoms with Crippen molar-refractivity contribution in [2.24, 2.45) is 0 Å². The lowest BCUT2D eigenvalue weighted by atomic mass is 9.96. The number of benzene rings is 1. The minimum Gasteiger partial charge on any atom is -0.287 e. The number of carbonyl (C=O) groups is 1. The van der Waals surface area contributed by atoms with Gasteiger partial charge in [0.2, 0.25) is 12.3 Å². The molecule has 0 aliphatic rings. The molecule has 0 amide bonds. The van der Waals surface area contributed by atoms with E-state index in [1.165, 1.54) is 5.56 Å². The van der Waals surface area contributed by atoms with Crippen molar-refractivity contribution < 1.29 is 9.36 Å². The van der Waals surface area contributed by atoms with Crippen molar-refractivity contribution in [3.05, 3.63) is 63.4 Å². The number of aryl methyl sites for hydroxylation is 3. The molecule has 0 spiro atoms. The van der Waals surface area contributed by atoms with E-state index >= 15 is 0 Å². The highest BCUT2D eigenvalue weighted by Crippen LogP contribution is 2.17. The molecule has 2 aromatic rings. The molecule has 1 aromatic carbocycles. The second-order valence-corrected chi connectivity index (χ2v) is 5.81. The molecule has 0 aliphatic heterocycles. The van der Waals surface area contributed by atoms with Crippen LogP contribution in [0.15, 0.2) is 41.1 Å². The van der Waals surface area contributed by atoms with E-state index in [-0.39, 0.29) is 22.8 Å². The van der Waals surface area contributed by atoms with E-state index in [4.69, 9.17) is 0 Å². The third kappa shape index (κ3) is 4.00. The van der Waals surface area contributed by atoms with Gasteiger partial charge in [-0.15, -0.1) is 17.0 Å². The Balaban J connectivity index is 0.00000200. The van der Waals surface area contributed by atoms with E-state index in [1.54, 1.807) is 0 Å². The average Bonchev–Trinajstić information content (AvgIpc) is 2.27. The maximum absolute atomic E-state index is 12.4. The van der Waals surface area contributed by atoms with Crippen LogP contribution in [-0.4, -0.2) is 5.78 Å². The fourth-order valence-corrected chi connectivity index (χ4v) is 2.87. The molecule has 1 aromatic heterocycles. The first-order valence-corrected chi connectivity index (χ1v) is 7.02. The lowest BCUT2D eigenvalue weighted by Gasteiger charge is -2.08. The fourth-order valence-electron chi connectivity index (χ4n) is 2.45. The van der Waals surface area contributed by atoms with Crippen LogP contribution in [0.5, 0.6) is 0 Å². The Morgan fingerprint density at radius 3 is 2.35 bits per heavy atom. The van der Waals surface area contributed by atoms with Gasteiger partial charge in [-0.2, -0.15) is 4.57 Å². The summed E-state index contributed by atoms with van der Waals surface area (Å²) >= 11 is 3.41. The van der Waals surface area contributed by atoms with Crippen LogP contribution in [0.1, 0.15) is 27.0 Å². The van der Waals surface area contributed by atoms with E-state index in [9.17, 15) is 4.79 Å². The van der Waals surface area contributed by atoms with Crippen molar-refractivity contribution >= 4 is 38.7 Å². The molecule has 106 valence electrons. The predicted octanol–water partition coefficient (Wildman–Crippen LogP) is 4.12. The minimum absolute atomic E-state index is 0. The van der Waals surface area contributed by atoms with Crippen LogP contribution in [0.3, 0.4) is 0 Å². The Bertz CT molecular complexity index is 615. The van der Waals surface area contributed by atoms with Gasteiger partial charge >= 0.3 is 0 Å². The number of ketones is 1. The van der Waals surface area contributed by atoms with Crippen molar-refractivity contribution in [2.45, 2.75) is 27.3 Å². The molecular formula is C16H18Br2NO+. The smallest absolute Gasteiger partial charge is 0.228 e. The van der Waals surface area contributed by atoms with E-state index in [1.807, 2.05) is 42.9 Å². The zero-order valence-electron chi connectivity index (χ0n) is 11.8. The maximum Gasteiger partial charge on any atom is 0.228 e. The van der Waals surface area contributed by atoms with Gasteiger partial charge in [0, 0.05) is 11.6 Å². The van der Waals surface area contributed by atoms with Gasteiger partial charge in [0.15, 0.2) is 12.4 Å². The fraction of sp³-hybridized carbons (Fsp3) is 0.250. The second-order valence-electron chi connectivity index (χ2n) is 4.89. The summed E-state index contributed by atoms with van der Waals surface area (Å²) in [6, 6.07) is 7.99. The summed E-state index contributed by atoms with van der Waals surface area (Å²) in [6.07, 6.45) is 3.82. The number of rotatable bonds is 3. The van der Waals surface area contributed by atoms with Crippen LogP contribution in [0, 0.1) is 20.8 Å². The lowest BCUT2D eigenvalue weighted by molar-refractivity contribution is -0.683. The van der Waals surface area contributed by atoms with Crippen LogP contribution in [0.25, 0.3) is 0 Å². The minimum atomic E-state index is 0. The largest absolute Gasteiger partial charge is 0.287 e. The molecule has 0 saturated carbocycles. The molecular weight excluding hydrogens is 382 g/mol. The zero-order chi connectivity index (χ0) is 14.0. The molecule has 0 fully saturated rings. The molecule has 1 heterocycles. The van der Waals surface area contributed by atoms with Gasteiger partial charge < -0.3 is 0 Å². The first kappa shape index (κ1) is 17.1. The first-order valence-electron chi connectivity index (χ1n) is 6.23. The summed E-state index contributed by atoms with van der Waals surface area (Å²) in [5.41, 5.74) is 4.15. The first-order chi connectivity index (χ1) is 8.97. The Morgan fingerprint density at radius 2 is 1.80 bits per heavy atom. The van der Waals surface area contributed by atoms with Crippen LogP contribution < -0.4 is 4.57 Å². The molecule has 0 N–H and O–H groups in total. The molecule has 20 heavy (non-hydrogen) atoms. The quantitative estimate of drug-likeness (QED) is 0.561. The van der Waals surface area contributed by atoms with Gasteiger partial charge in [-0.1, -0.05) is 17.7 Å². The van der Waals surface area contributed by atoms with E-state index in [0.29, 0.717) is 6.54 Å². The normalized spacial score (nSPS) is 10.0. The Kier molecular flexibility index (Phi) is 6.08. The van der Waals surface area contributed by atoms with Crippen molar-refractivity contribution in [1.29, 1.82) is 0 Å². The number of pyridine rings is 1. The van der Waals surface area contributed by atoms with Gasteiger partial charge in [-0.3, -0.25) is 4.79 Å². The third-order valence-electron chi connectivity index (χ3n) is 3.10. The summed E-state index contributed by atoms with van der Waals surface area (Å²) in [6.45, 7) is 6.42. The number of hydrogen-bond acceptors (Lipinski definition) is 1. The number of nitrogens with zero attached hydrogens (tertiary/aromatic N) is 1. The number of hydrogen-bond donors (Lipinski definition) is 0. The van der Waals surface area contributed by atoms with Gasteiger partial charge in [0.05, 0.1) is 4.47 Å². The predicted molar refractivity (Wildman–Crippen MR) is 89.6 cm³/mol. The van der Waals surface area contributed by atoms with Gasteiger partial charge in [-0.05, 0) is 53.9 Å². The maximum atomic E-state index is 12.4. The molecule has 0 unspecified atom stereocenters. The lowest BCUT2D eigenvalue weighted by Crippen LogP contribution is -2.37. The SMILES string of the molecule is Br.Cc1cc(C)c(C(=O)C[n+]2cccc(Br)c2)c(C)c1. The average molecular weight is 400 g/mol. The second kappa shape index (κ2) is 7.14. The van der Waals surface area contributed by atoms with Crippen LogP contribution in [0.4, 0.5) is 0 Å². The van der Waals surface area contributed by atoms with Crippen molar-refractivity contribution in [3.63, 3.8) is 0 Å². The molecule has 2 rings (SSSR count). The molecule has 0 saturated heterocycles. The highest BCUT2D eigenvalue weighted by Gasteiger charge is 2.17. The summed E-state index contributed by atoms with van der Waals surface area (Å²) in [4.78, 5) is 12.4. The Hall–Kier alpha value is -1.00. The number of Topliss-reactive ketones (excluding diaryl/α,β-unsaturated/α-hetero) is 1. The molecule has 4 heteroatoms. The van der Waals surface area contributed by atoms with E-state index in [2.05, 4.69) is 35.0 Å². The van der Waals surface area contributed by atoms with Crippen LogP contribution in [-0.2, 0) is 6.54 Å². The monoisotopic (exact) mass is 398 g/mol. The number of carbonyl (C=O) groups excluding carboxylic acids is 1. The Morgan fingerprint density at radius 1 is 1.20 bits per heavy atom. The Labute approximate surface area is 138 Å². The van der Waals surface area contributed by atoms with Crippen LogP contribution in [0.2, 0.25) is 0 Å². The zero-order valence-corrected chi connectivity index (χ0v) is 15.1. The highest BCUT2D eigenvalue weighted by atomic mass is 79.9. The summed E-state index contributed by atoms with van der Waals surface area (Å²) in [5.74, 6) is 0.151. The van der Waals surface area contributed by atoms with Gasteiger partial charge in [-0.25, -0.2) is 0 Å². The topological polar surface area (TPSA) is 20.9 Å². The molecule has 0 atom stereocenters. The van der Waals surface area contributed by atoms with Crippen molar-refractivity contribution in [3.8, 4) is 0 Å². The van der Waals surface area contributed by atoms with Gasteiger partial charge in [0.25, 0.3) is 0 Å². The van der Waals surface area contributed by atoms with Gasteiger partial charge in [0.1, 0.15) is 0 Å². The molecule has 0 bridgehead atoms. The summed E-state index contributed by atoms with van der Waals surface area (Å²) in [7, 11) is 0. The molecule has 0 radical (unpaired) electrons. The summed E-state index contributed by atoms with van der Waals surface area (Å²) < 4.78 is 2.87. The number of aromatic nitrogens is 1. The van der Waals surface area contributed by atoms with E-state index in [0.717, 1.165) is 21.2 Å². The van der Waals surface area contributed by atoms with Crippen molar-refractivity contribution in [2.75, 3.05) is 0 Å². The third-order valence-corrected chi connectivity index (χ3v) is 3.57. The molecule has 2 nitrogen and oxygen atoms in total.